The maximum Gasteiger partial charge on any atom is 0.410 e. The zero-order valence-electron chi connectivity index (χ0n) is 16.6. The molecule has 0 aromatic heterocycles. The van der Waals surface area contributed by atoms with Crippen LogP contribution in [0.15, 0.2) is 48.0 Å². The van der Waals surface area contributed by atoms with Gasteiger partial charge in [0.25, 0.3) is 0 Å². The minimum atomic E-state index is -0.621. The number of nitrogens with one attached hydrogen (secondary N) is 1. The Hall–Kier alpha value is -2.70. The molecule has 2 aliphatic rings. The van der Waals surface area contributed by atoms with E-state index in [9.17, 15) is 14.3 Å². The first-order valence-corrected chi connectivity index (χ1v) is 9.54. The fourth-order valence-electron chi connectivity index (χ4n) is 3.37. The lowest BCUT2D eigenvalue weighted by atomic mass is 9.95. The Balaban J connectivity index is 1.73. The molecular formula is C21H28FN3O3. The lowest BCUT2D eigenvalue weighted by molar-refractivity contribution is 0.0168. The minimum Gasteiger partial charge on any atom is -0.493 e. The first-order valence-electron chi connectivity index (χ1n) is 9.54. The third kappa shape index (κ3) is 4.58. The Morgan fingerprint density at radius 1 is 1.21 bits per heavy atom. The molecule has 0 bridgehead atoms. The Kier molecular flexibility index (Phi) is 5.82. The summed E-state index contributed by atoms with van der Waals surface area (Å²) >= 11 is 0. The lowest BCUT2D eigenvalue weighted by Gasteiger charge is -2.39. The number of carbonyl (C=O) groups is 1. The van der Waals surface area contributed by atoms with Crippen LogP contribution in [0.25, 0.3) is 5.57 Å². The summed E-state index contributed by atoms with van der Waals surface area (Å²) in [7, 11) is 0. The molecule has 0 saturated carbocycles. The molecule has 2 N–H and O–H groups in total. The van der Waals surface area contributed by atoms with Crippen molar-refractivity contribution < 1.29 is 19.0 Å². The van der Waals surface area contributed by atoms with Crippen molar-refractivity contribution in [2.45, 2.75) is 32.4 Å². The molecule has 3 rings (SSSR count). The van der Waals surface area contributed by atoms with E-state index in [0.29, 0.717) is 31.9 Å². The highest BCUT2D eigenvalue weighted by atomic mass is 19.1. The second kappa shape index (κ2) is 8.12. The van der Waals surface area contributed by atoms with Gasteiger partial charge in [0.05, 0.1) is 11.7 Å². The van der Waals surface area contributed by atoms with Gasteiger partial charge < -0.3 is 25.0 Å². The highest BCUT2D eigenvalue weighted by Gasteiger charge is 2.30. The number of aliphatic hydroxyl groups is 1. The maximum atomic E-state index is 13.5. The Morgan fingerprint density at radius 3 is 2.43 bits per heavy atom. The highest BCUT2D eigenvalue weighted by molar-refractivity contribution is 5.74. The number of hydrogen-bond acceptors (Lipinski definition) is 5. The number of rotatable bonds is 3. The molecule has 1 atom stereocenters. The molecule has 6 nitrogen and oxygen atoms in total. The van der Waals surface area contributed by atoms with Gasteiger partial charge in [0.2, 0.25) is 5.88 Å². The van der Waals surface area contributed by atoms with E-state index in [0.717, 1.165) is 11.1 Å². The number of hydrogen-bond donors (Lipinski definition) is 2. The van der Waals surface area contributed by atoms with E-state index >= 15 is 0 Å². The summed E-state index contributed by atoms with van der Waals surface area (Å²) in [5.74, 6) is -0.0342. The number of halogens is 1. The van der Waals surface area contributed by atoms with E-state index in [4.69, 9.17) is 4.74 Å². The van der Waals surface area contributed by atoms with Crippen LogP contribution >= 0.6 is 0 Å². The maximum absolute atomic E-state index is 13.5. The first kappa shape index (κ1) is 20.0. The van der Waals surface area contributed by atoms with E-state index in [1.54, 1.807) is 4.90 Å². The van der Waals surface area contributed by atoms with Crippen LogP contribution in [0.5, 0.6) is 0 Å². The van der Waals surface area contributed by atoms with Gasteiger partial charge in [-0.15, -0.1) is 0 Å². The van der Waals surface area contributed by atoms with Gasteiger partial charge in [-0.25, -0.2) is 9.18 Å². The molecule has 0 aliphatic carbocycles. The number of ether oxygens (including phenoxy) is 1. The second-order valence-corrected chi connectivity index (χ2v) is 8.01. The van der Waals surface area contributed by atoms with Gasteiger partial charge in [0, 0.05) is 26.2 Å². The SMILES string of the molecule is CC(C)(C)OC(=O)N1CCN(C2=C(O)NC(CF)C(c3ccccc3)=C2)CC1. The predicted octanol–water partition coefficient (Wildman–Crippen LogP) is 3.29. The largest absolute Gasteiger partial charge is 0.493 e. The molecule has 1 aromatic carbocycles. The molecule has 2 aliphatic heterocycles. The number of allylic oxidation sites excluding steroid dienone is 1. The predicted molar refractivity (Wildman–Crippen MR) is 106 cm³/mol. The number of dihydropyridines is 1. The highest BCUT2D eigenvalue weighted by Crippen LogP contribution is 2.28. The molecule has 1 amide bonds. The topological polar surface area (TPSA) is 65.0 Å². The van der Waals surface area contributed by atoms with E-state index in [-0.39, 0.29) is 12.0 Å². The quantitative estimate of drug-likeness (QED) is 0.831. The zero-order chi connectivity index (χ0) is 20.3. The summed E-state index contributed by atoms with van der Waals surface area (Å²) in [6, 6.07) is 8.99. The van der Waals surface area contributed by atoms with Crippen molar-refractivity contribution in [1.29, 1.82) is 0 Å². The molecule has 0 spiro atoms. The van der Waals surface area contributed by atoms with Crippen molar-refractivity contribution in [3.63, 3.8) is 0 Å². The normalized spacial score (nSPS) is 20.6. The summed E-state index contributed by atoms with van der Waals surface area (Å²) in [5.41, 5.74) is 1.80. The van der Waals surface area contributed by atoms with Crippen molar-refractivity contribution in [1.82, 2.24) is 15.1 Å². The average Bonchev–Trinajstić information content (AvgIpc) is 2.67. The van der Waals surface area contributed by atoms with Gasteiger partial charge >= 0.3 is 6.09 Å². The number of amides is 1. The standard InChI is InChI=1S/C21H28FN3O3/c1-21(2,3)28-20(27)25-11-9-24(10-12-25)18-13-16(15-7-5-4-6-8-15)17(14-22)23-19(18)26/h4-8,13,17,23,26H,9-12,14H2,1-3H3. The van der Waals surface area contributed by atoms with E-state index in [1.807, 2.05) is 62.1 Å². The number of aliphatic hydroxyl groups excluding tert-OH is 1. The van der Waals surface area contributed by atoms with Gasteiger partial charge in [-0.05, 0) is 38.0 Å². The number of nitrogens with zero attached hydrogens (tertiary/aromatic N) is 2. The third-order valence-corrected chi connectivity index (χ3v) is 4.75. The van der Waals surface area contributed by atoms with E-state index in [1.165, 1.54) is 0 Å². The fraction of sp³-hybridized carbons (Fsp3) is 0.476. The van der Waals surface area contributed by atoms with Gasteiger partial charge in [-0.2, -0.15) is 0 Å². The molecule has 0 radical (unpaired) electrons. The molecular weight excluding hydrogens is 361 g/mol. The van der Waals surface area contributed by atoms with Crippen LogP contribution in [0, 0.1) is 0 Å². The van der Waals surface area contributed by atoms with Gasteiger partial charge in [0.1, 0.15) is 12.3 Å². The van der Waals surface area contributed by atoms with Crippen molar-refractivity contribution in [2.75, 3.05) is 32.9 Å². The number of benzene rings is 1. The van der Waals surface area contributed by atoms with Crippen molar-refractivity contribution in [2.24, 2.45) is 0 Å². The van der Waals surface area contributed by atoms with Crippen molar-refractivity contribution in [3.05, 3.63) is 53.6 Å². The van der Waals surface area contributed by atoms with Gasteiger partial charge in [-0.3, -0.25) is 0 Å². The molecule has 1 aromatic rings. The summed E-state index contributed by atoms with van der Waals surface area (Å²) in [5, 5.41) is 13.3. The summed E-state index contributed by atoms with van der Waals surface area (Å²) in [6.07, 6.45) is 1.51. The first-order chi connectivity index (χ1) is 13.3. The molecule has 1 saturated heterocycles. The van der Waals surface area contributed by atoms with Gasteiger partial charge in [-0.1, -0.05) is 30.3 Å². The van der Waals surface area contributed by atoms with Crippen molar-refractivity contribution in [3.8, 4) is 0 Å². The Morgan fingerprint density at radius 2 is 1.86 bits per heavy atom. The second-order valence-electron chi connectivity index (χ2n) is 8.01. The molecule has 1 fully saturated rings. The van der Waals surface area contributed by atoms with Crippen LogP contribution in [-0.4, -0.2) is 65.5 Å². The van der Waals surface area contributed by atoms with E-state index in [2.05, 4.69) is 5.32 Å². The lowest BCUT2D eigenvalue weighted by Crippen LogP contribution is -2.50. The van der Waals surface area contributed by atoms with Crippen LogP contribution in [-0.2, 0) is 4.74 Å². The summed E-state index contributed by atoms with van der Waals surface area (Å²) in [4.78, 5) is 15.9. The minimum absolute atomic E-state index is 0.0342. The number of carbonyl (C=O) groups excluding carboxylic acids is 1. The zero-order valence-corrected chi connectivity index (χ0v) is 16.6. The van der Waals surface area contributed by atoms with Crippen LogP contribution < -0.4 is 5.32 Å². The van der Waals surface area contributed by atoms with E-state index < -0.39 is 18.3 Å². The van der Waals surface area contributed by atoms with Crippen molar-refractivity contribution >= 4 is 11.7 Å². The molecule has 2 heterocycles. The van der Waals surface area contributed by atoms with Crippen LogP contribution in [0.1, 0.15) is 26.3 Å². The smallest absolute Gasteiger partial charge is 0.410 e. The molecule has 7 heteroatoms. The monoisotopic (exact) mass is 389 g/mol. The molecule has 28 heavy (non-hydrogen) atoms. The fourth-order valence-corrected chi connectivity index (χ4v) is 3.37. The Labute approximate surface area is 165 Å². The number of piperazine rings is 1. The Bertz CT molecular complexity index is 763. The summed E-state index contributed by atoms with van der Waals surface area (Å²) < 4.78 is 18.9. The molecule has 152 valence electrons. The van der Waals surface area contributed by atoms with Gasteiger partial charge in [0.15, 0.2) is 0 Å². The van der Waals surface area contributed by atoms with Crippen LogP contribution in [0.4, 0.5) is 9.18 Å². The number of alkyl halides is 1. The molecule has 1 unspecified atom stereocenters. The summed E-state index contributed by atoms with van der Waals surface area (Å²) in [6.45, 7) is 7.00. The third-order valence-electron chi connectivity index (χ3n) is 4.75. The van der Waals surface area contributed by atoms with Crippen LogP contribution in [0.3, 0.4) is 0 Å². The average molecular weight is 389 g/mol. The van der Waals surface area contributed by atoms with Crippen LogP contribution in [0.2, 0.25) is 0 Å².